The van der Waals surface area contributed by atoms with Gasteiger partial charge in [0.2, 0.25) is 5.95 Å². The quantitative estimate of drug-likeness (QED) is 0.606. The molecule has 0 bridgehead atoms. The highest BCUT2D eigenvalue weighted by atomic mass is 19.1. The molecule has 0 radical (unpaired) electrons. The van der Waals surface area contributed by atoms with Gasteiger partial charge in [0, 0.05) is 42.2 Å². The highest BCUT2D eigenvalue weighted by Gasteiger charge is 2.20. The molecule has 1 aliphatic rings. The van der Waals surface area contributed by atoms with Gasteiger partial charge >= 0.3 is 6.09 Å². The van der Waals surface area contributed by atoms with Crippen molar-refractivity contribution in [1.29, 1.82) is 0 Å². The topological polar surface area (TPSA) is 120 Å². The number of aromatic nitrogens is 2. The lowest BCUT2D eigenvalue weighted by molar-refractivity contribution is 0.149. The number of piperidine rings is 1. The van der Waals surface area contributed by atoms with Crippen LogP contribution in [-0.4, -0.2) is 41.3 Å². The fraction of sp³-hybridized carbons (Fsp3) is 0.333. The summed E-state index contributed by atoms with van der Waals surface area (Å²) in [5.74, 6) is -0.514. The zero-order chi connectivity index (χ0) is 20.1. The third-order valence-electron chi connectivity index (χ3n) is 4.31. The van der Waals surface area contributed by atoms with Gasteiger partial charge in [0.05, 0.1) is 0 Å². The van der Waals surface area contributed by atoms with Crippen LogP contribution in [0.3, 0.4) is 0 Å². The highest BCUT2D eigenvalue weighted by molar-refractivity contribution is 5.87. The lowest BCUT2D eigenvalue weighted by Gasteiger charge is -2.28. The Morgan fingerprint density at radius 2 is 1.93 bits per heavy atom. The van der Waals surface area contributed by atoms with Gasteiger partial charge in [0.15, 0.2) is 5.96 Å². The molecule has 10 heteroatoms. The minimum atomic E-state index is -1.01. The standard InChI is InChI=1S/C18H20F2N6O2/c19-13-4-6-26(7-5-13)17-23-8-12(9-24-17)14-3-1-2-11(15(14)20)10-28-18(27)25-16(21)22/h1-3,8-9,13H,4-7,10H2,(H4,21,22,25,27). The van der Waals surface area contributed by atoms with Gasteiger partial charge in [-0.15, -0.1) is 4.99 Å². The zero-order valence-corrected chi connectivity index (χ0v) is 15.0. The first kappa shape index (κ1) is 19.5. The Morgan fingerprint density at radius 1 is 1.25 bits per heavy atom. The minimum absolute atomic E-state index is 0.158. The normalized spacial score (nSPS) is 14.6. The van der Waals surface area contributed by atoms with Gasteiger partial charge in [-0.05, 0) is 12.8 Å². The number of carbonyl (C=O) groups excluding carboxylic acids is 1. The van der Waals surface area contributed by atoms with Crippen LogP contribution in [0.15, 0.2) is 35.6 Å². The fourth-order valence-corrected chi connectivity index (χ4v) is 2.86. The molecule has 2 aromatic rings. The summed E-state index contributed by atoms with van der Waals surface area (Å²) in [6.07, 6.45) is 2.12. The molecular formula is C18H20F2N6O2. The van der Waals surface area contributed by atoms with Crippen LogP contribution in [0.5, 0.6) is 0 Å². The minimum Gasteiger partial charge on any atom is -0.443 e. The van der Waals surface area contributed by atoms with Gasteiger partial charge in [-0.2, -0.15) is 0 Å². The molecule has 148 valence electrons. The Labute approximate surface area is 160 Å². The number of hydrogen-bond donors (Lipinski definition) is 2. The van der Waals surface area contributed by atoms with Crippen molar-refractivity contribution >= 4 is 18.0 Å². The molecule has 1 aliphatic heterocycles. The molecular weight excluding hydrogens is 370 g/mol. The monoisotopic (exact) mass is 390 g/mol. The Balaban J connectivity index is 1.73. The van der Waals surface area contributed by atoms with E-state index >= 15 is 0 Å². The van der Waals surface area contributed by atoms with E-state index in [4.69, 9.17) is 16.2 Å². The Morgan fingerprint density at radius 3 is 2.57 bits per heavy atom. The van der Waals surface area contributed by atoms with Crippen LogP contribution in [0.4, 0.5) is 19.5 Å². The van der Waals surface area contributed by atoms with Gasteiger partial charge in [-0.25, -0.2) is 23.5 Å². The van der Waals surface area contributed by atoms with Crippen molar-refractivity contribution in [3.05, 3.63) is 42.0 Å². The number of guanidine groups is 1. The Bertz CT molecular complexity index is 863. The average molecular weight is 390 g/mol. The molecule has 1 aromatic heterocycles. The van der Waals surface area contributed by atoms with E-state index in [1.807, 2.05) is 4.90 Å². The van der Waals surface area contributed by atoms with Crippen LogP contribution in [0, 0.1) is 5.82 Å². The first-order chi connectivity index (χ1) is 13.4. The molecule has 8 nitrogen and oxygen atoms in total. The molecule has 4 N–H and O–H groups in total. The molecule has 2 heterocycles. The lowest BCUT2D eigenvalue weighted by atomic mass is 10.1. The summed E-state index contributed by atoms with van der Waals surface area (Å²) < 4.78 is 32.9. The number of nitrogens with two attached hydrogens (primary N) is 2. The zero-order valence-electron chi connectivity index (χ0n) is 15.0. The van der Waals surface area contributed by atoms with Crippen molar-refractivity contribution in [2.45, 2.75) is 25.6 Å². The summed E-state index contributed by atoms with van der Waals surface area (Å²) >= 11 is 0. The summed E-state index contributed by atoms with van der Waals surface area (Å²) in [6.45, 7) is 0.767. The number of benzene rings is 1. The maximum atomic E-state index is 14.8. The molecule has 0 aliphatic carbocycles. The SMILES string of the molecule is NC(N)=NC(=O)OCc1cccc(-c2cnc(N3CCC(F)CC3)nc2)c1F. The van der Waals surface area contributed by atoms with Crippen molar-refractivity contribution in [3.63, 3.8) is 0 Å². The van der Waals surface area contributed by atoms with E-state index in [9.17, 15) is 13.6 Å². The summed E-state index contributed by atoms with van der Waals surface area (Å²) in [5, 5.41) is 0. The smallest absolute Gasteiger partial charge is 0.437 e. The molecule has 0 saturated carbocycles. The predicted molar refractivity (Wildman–Crippen MR) is 99.8 cm³/mol. The Kier molecular flexibility index (Phi) is 5.97. The number of alkyl halides is 1. The third kappa shape index (κ3) is 4.70. The average Bonchev–Trinajstić information content (AvgIpc) is 2.67. The third-order valence-corrected chi connectivity index (χ3v) is 4.31. The van der Waals surface area contributed by atoms with E-state index in [0.29, 0.717) is 37.4 Å². The van der Waals surface area contributed by atoms with Gasteiger partial charge < -0.3 is 21.1 Å². The fourth-order valence-electron chi connectivity index (χ4n) is 2.86. The summed E-state index contributed by atoms with van der Waals surface area (Å²) in [7, 11) is 0. The summed E-state index contributed by atoms with van der Waals surface area (Å²) in [5.41, 5.74) is 11.1. The van der Waals surface area contributed by atoms with Crippen molar-refractivity contribution in [2.75, 3.05) is 18.0 Å². The first-order valence-corrected chi connectivity index (χ1v) is 8.69. The number of ether oxygens (including phenoxy) is 1. The van der Waals surface area contributed by atoms with E-state index in [-0.39, 0.29) is 17.7 Å². The number of rotatable bonds is 4. The van der Waals surface area contributed by atoms with Crippen LogP contribution in [0.1, 0.15) is 18.4 Å². The maximum Gasteiger partial charge on any atom is 0.437 e. The number of amides is 1. The number of hydrogen-bond acceptors (Lipinski definition) is 5. The largest absolute Gasteiger partial charge is 0.443 e. The molecule has 1 amide bonds. The number of anilines is 1. The molecule has 1 fully saturated rings. The number of aliphatic imine (C=N–C) groups is 1. The number of nitrogens with zero attached hydrogens (tertiary/aromatic N) is 4. The molecule has 0 atom stereocenters. The molecule has 0 unspecified atom stereocenters. The summed E-state index contributed by atoms with van der Waals surface area (Å²) in [4.78, 5) is 25.0. The number of halogens is 2. The van der Waals surface area contributed by atoms with Crippen LogP contribution < -0.4 is 16.4 Å². The van der Waals surface area contributed by atoms with E-state index in [0.717, 1.165) is 0 Å². The second kappa shape index (κ2) is 8.59. The molecule has 28 heavy (non-hydrogen) atoms. The second-order valence-corrected chi connectivity index (χ2v) is 6.30. The summed E-state index contributed by atoms with van der Waals surface area (Å²) in [6, 6.07) is 4.68. The van der Waals surface area contributed by atoms with Gasteiger partial charge in [-0.3, -0.25) is 0 Å². The van der Waals surface area contributed by atoms with Gasteiger partial charge in [-0.1, -0.05) is 18.2 Å². The van der Waals surface area contributed by atoms with Crippen LogP contribution in [0.25, 0.3) is 11.1 Å². The van der Waals surface area contributed by atoms with Crippen LogP contribution >= 0.6 is 0 Å². The van der Waals surface area contributed by atoms with E-state index in [1.165, 1.54) is 18.5 Å². The highest BCUT2D eigenvalue weighted by Crippen LogP contribution is 2.26. The van der Waals surface area contributed by atoms with Crippen LogP contribution in [-0.2, 0) is 11.3 Å². The molecule has 1 saturated heterocycles. The van der Waals surface area contributed by atoms with E-state index < -0.39 is 24.0 Å². The number of carbonyl (C=O) groups is 1. The lowest BCUT2D eigenvalue weighted by Crippen LogP contribution is -2.35. The van der Waals surface area contributed by atoms with E-state index in [2.05, 4.69) is 15.0 Å². The first-order valence-electron chi connectivity index (χ1n) is 8.69. The molecule has 1 aromatic carbocycles. The molecule has 3 rings (SSSR count). The predicted octanol–water partition coefficient (Wildman–Crippen LogP) is 2.13. The van der Waals surface area contributed by atoms with Crippen molar-refractivity contribution in [2.24, 2.45) is 16.5 Å². The van der Waals surface area contributed by atoms with Crippen molar-refractivity contribution < 1.29 is 18.3 Å². The Hall–Kier alpha value is -3.30. The van der Waals surface area contributed by atoms with Gasteiger partial charge in [0.25, 0.3) is 0 Å². The molecule has 0 spiro atoms. The van der Waals surface area contributed by atoms with Crippen molar-refractivity contribution in [3.8, 4) is 11.1 Å². The maximum absolute atomic E-state index is 14.8. The van der Waals surface area contributed by atoms with E-state index in [1.54, 1.807) is 12.1 Å². The van der Waals surface area contributed by atoms with Gasteiger partial charge in [0.1, 0.15) is 18.6 Å². The van der Waals surface area contributed by atoms with Crippen LogP contribution in [0.2, 0.25) is 0 Å². The second-order valence-electron chi connectivity index (χ2n) is 6.30. The van der Waals surface area contributed by atoms with Crippen molar-refractivity contribution in [1.82, 2.24) is 9.97 Å².